The highest BCUT2D eigenvalue weighted by Gasteiger charge is 2.28. The molecule has 1 aliphatic heterocycles. The average Bonchev–Trinajstić information content (AvgIpc) is 2.66. The summed E-state index contributed by atoms with van der Waals surface area (Å²) in [6.07, 6.45) is 3.45. The Morgan fingerprint density at radius 2 is 2.14 bits per heavy atom. The molecule has 0 bridgehead atoms. The van der Waals surface area contributed by atoms with Gasteiger partial charge in [0.1, 0.15) is 6.04 Å². The SMILES string of the molecule is Cc1n[nH]c(C)c1NC(=O)CN1CCCCCC1C(=O)O. The van der Waals surface area contributed by atoms with E-state index in [-0.39, 0.29) is 12.5 Å². The molecule has 0 aliphatic carbocycles. The first-order valence-corrected chi connectivity index (χ1v) is 7.27. The Bertz CT molecular complexity index is 507. The Morgan fingerprint density at radius 3 is 2.76 bits per heavy atom. The number of carboxylic acids is 1. The molecule has 3 N–H and O–H groups in total. The van der Waals surface area contributed by atoms with E-state index in [1.807, 2.05) is 13.8 Å². The molecular weight excluding hydrogens is 272 g/mol. The third kappa shape index (κ3) is 3.81. The molecule has 1 fully saturated rings. The number of carbonyl (C=O) groups excluding carboxylic acids is 1. The number of aromatic amines is 1. The van der Waals surface area contributed by atoms with Crippen LogP contribution in [0.25, 0.3) is 0 Å². The quantitative estimate of drug-likeness (QED) is 0.777. The van der Waals surface area contributed by atoms with Gasteiger partial charge < -0.3 is 10.4 Å². The second-order valence-corrected chi connectivity index (χ2v) is 5.53. The number of rotatable bonds is 4. The number of likely N-dealkylation sites (tertiary alicyclic amines) is 1. The number of amides is 1. The van der Waals surface area contributed by atoms with Gasteiger partial charge in [-0.1, -0.05) is 12.8 Å². The molecule has 1 amide bonds. The molecule has 1 atom stereocenters. The lowest BCUT2D eigenvalue weighted by atomic mass is 10.1. The van der Waals surface area contributed by atoms with Crippen LogP contribution in [0.15, 0.2) is 0 Å². The number of aliphatic carboxylic acids is 1. The van der Waals surface area contributed by atoms with E-state index in [4.69, 9.17) is 0 Å². The van der Waals surface area contributed by atoms with E-state index in [2.05, 4.69) is 15.5 Å². The Balaban J connectivity index is 2.01. The standard InChI is InChI=1S/C14H22N4O3/c1-9-13(10(2)17-16-9)15-12(19)8-18-7-5-3-4-6-11(18)14(20)21/h11H,3-8H2,1-2H3,(H,15,19)(H,16,17)(H,20,21). The summed E-state index contributed by atoms with van der Waals surface area (Å²) in [7, 11) is 0. The van der Waals surface area contributed by atoms with Gasteiger partial charge in [-0.2, -0.15) is 5.10 Å². The maximum Gasteiger partial charge on any atom is 0.320 e. The summed E-state index contributed by atoms with van der Waals surface area (Å²) in [6.45, 7) is 4.39. The molecule has 21 heavy (non-hydrogen) atoms. The first-order chi connectivity index (χ1) is 9.99. The topological polar surface area (TPSA) is 98.3 Å². The van der Waals surface area contributed by atoms with E-state index in [0.717, 1.165) is 30.7 Å². The van der Waals surface area contributed by atoms with Crippen molar-refractivity contribution < 1.29 is 14.7 Å². The number of hydrogen-bond donors (Lipinski definition) is 3. The zero-order valence-corrected chi connectivity index (χ0v) is 12.5. The molecule has 0 spiro atoms. The zero-order chi connectivity index (χ0) is 15.4. The van der Waals surface area contributed by atoms with Crippen LogP contribution < -0.4 is 5.32 Å². The van der Waals surface area contributed by atoms with Crippen LogP contribution >= 0.6 is 0 Å². The van der Waals surface area contributed by atoms with E-state index < -0.39 is 12.0 Å². The summed E-state index contributed by atoms with van der Waals surface area (Å²) < 4.78 is 0. The molecule has 7 nitrogen and oxygen atoms in total. The number of H-pyrrole nitrogens is 1. The van der Waals surface area contributed by atoms with E-state index in [9.17, 15) is 14.7 Å². The van der Waals surface area contributed by atoms with Crippen LogP contribution in [0, 0.1) is 13.8 Å². The second kappa shape index (κ2) is 6.71. The summed E-state index contributed by atoms with van der Waals surface area (Å²) in [6, 6.07) is -0.565. The van der Waals surface area contributed by atoms with Crippen LogP contribution in [-0.4, -0.2) is 51.2 Å². The summed E-state index contributed by atoms with van der Waals surface area (Å²) >= 11 is 0. The zero-order valence-electron chi connectivity index (χ0n) is 12.5. The fraction of sp³-hybridized carbons (Fsp3) is 0.643. The first-order valence-electron chi connectivity index (χ1n) is 7.27. The van der Waals surface area contributed by atoms with Crippen molar-refractivity contribution in [1.82, 2.24) is 15.1 Å². The van der Waals surface area contributed by atoms with Crippen molar-refractivity contribution in [3.8, 4) is 0 Å². The third-order valence-corrected chi connectivity index (χ3v) is 3.89. The number of aromatic nitrogens is 2. The monoisotopic (exact) mass is 294 g/mol. The van der Waals surface area contributed by atoms with Crippen LogP contribution in [0.4, 0.5) is 5.69 Å². The maximum atomic E-state index is 12.2. The highest BCUT2D eigenvalue weighted by atomic mass is 16.4. The van der Waals surface area contributed by atoms with Crippen LogP contribution in [0.5, 0.6) is 0 Å². The number of carboxylic acid groups (broad SMARTS) is 1. The largest absolute Gasteiger partial charge is 0.480 e. The molecule has 1 unspecified atom stereocenters. The van der Waals surface area contributed by atoms with Gasteiger partial charge in [0.2, 0.25) is 5.91 Å². The van der Waals surface area contributed by atoms with Gasteiger partial charge in [0.15, 0.2) is 0 Å². The minimum atomic E-state index is -0.847. The van der Waals surface area contributed by atoms with Gasteiger partial charge in [-0.25, -0.2) is 0 Å². The molecule has 0 saturated carbocycles. The maximum absolute atomic E-state index is 12.2. The van der Waals surface area contributed by atoms with Crippen LogP contribution in [-0.2, 0) is 9.59 Å². The van der Waals surface area contributed by atoms with Gasteiger partial charge in [0.05, 0.1) is 23.6 Å². The molecule has 1 aromatic heterocycles. The van der Waals surface area contributed by atoms with Gasteiger partial charge in [-0.05, 0) is 33.2 Å². The Morgan fingerprint density at radius 1 is 1.38 bits per heavy atom. The number of aryl methyl sites for hydroxylation is 2. The Kier molecular flexibility index (Phi) is 4.95. The summed E-state index contributed by atoms with van der Waals surface area (Å²) in [4.78, 5) is 25.3. The minimum Gasteiger partial charge on any atom is -0.480 e. The molecule has 1 aromatic rings. The van der Waals surface area contributed by atoms with E-state index >= 15 is 0 Å². The smallest absolute Gasteiger partial charge is 0.320 e. The summed E-state index contributed by atoms with van der Waals surface area (Å²) in [5.41, 5.74) is 2.21. The van der Waals surface area contributed by atoms with Crippen molar-refractivity contribution in [1.29, 1.82) is 0 Å². The predicted octanol–water partition coefficient (Wildman–Crippen LogP) is 1.29. The Labute approximate surface area is 123 Å². The minimum absolute atomic E-state index is 0.0982. The van der Waals surface area contributed by atoms with E-state index in [1.54, 1.807) is 4.90 Å². The molecular formula is C14H22N4O3. The Hall–Kier alpha value is -1.89. The van der Waals surface area contributed by atoms with Crippen molar-refractivity contribution in [2.75, 3.05) is 18.4 Å². The van der Waals surface area contributed by atoms with E-state index in [1.165, 1.54) is 0 Å². The van der Waals surface area contributed by atoms with Crippen molar-refractivity contribution in [2.45, 2.75) is 45.6 Å². The number of anilines is 1. The lowest BCUT2D eigenvalue weighted by molar-refractivity contribution is -0.143. The lowest BCUT2D eigenvalue weighted by Gasteiger charge is -2.25. The second-order valence-electron chi connectivity index (χ2n) is 5.53. The van der Waals surface area contributed by atoms with Gasteiger partial charge in [0, 0.05) is 0 Å². The highest BCUT2D eigenvalue weighted by molar-refractivity contribution is 5.93. The number of carbonyl (C=O) groups is 2. The fourth-order valence-corrected chi connectivity index (χ4v) is 2.74. The van der Waals surface area contributed by atoms with Crippen molar-refractivity contribution in [3.05, 3.63) is 11.4 Å². The molecule has 2 rings (SSSR count). The normalized spacial score (nSPS) is 20.0. The summed E-state index contributed by atoms with van der Waals surface area (Å²) in [5, 5.41) is 19.0. The third-order valence-electron chi connectivity index (χ3n) is 3.89. The fourth-order valence-electron chi connectivity index (χ4n) is 2.74. The average molecular weight is 294 g/mol. The van der Waals surface area contributed by atoms with Crippen LogP contribution in [0.3, 0.4) is 0 Å². The predicted molar refractivity (Wildman–Crippen MR) is 78.2 cm³/mol. The highest BCUT2D eigenvalue weighted by Crippen LogP contribution is 2.19. The molecule has 1 saturated heterocycles. The molecule has 1 aliphatic rings. The van der Waals surface area contributed by atoms with Gasteiger partial charge >= 0.3 is 5.97 Å². The summed E-state index contributed by atoms with van der Waals surface area (Å²) in [5.74, 6) is -1.05. The molecule has 0 aromatic carbocycles. The number of hydrogen-bond acceptors (Lipinski definition) is 4. The molecule has 116 valence electrons. The molecule has 2 heterocycles. The van der Waals surface area contributed by atoms with E-state index in [0.29, 0.717) is 18.7 Å². The van der Waals surface area contributed by atoms with Gasteiger partial charge in [-0.3, -0.25) is 19.6 Å². The number of nitrogens with one attached hydrogen (secondary N) is 2. The van der Waals surface area contributed by atoms with Crippen molar-refractivity contribution in [2.24, 2.45) is 0 Å². The lowest BCUT2D eigenvalue weighted by Crippen LogP contribution is -2.44. The molecule has 0 radical (unpaired) electrons. The van der Waals surface area contributed by atoms with Crippen molar-refractivity contribution >= 4 is 17.6 Å². The van der Waals surface area contributed by atoms with Crippen LogP contribution in [0.1, 0.15) is 37.1 Å². The van der Waals surface area contributed by atoms with Gasteiger partial charge in [0.25, 0.3) is 0 Å². The van der Waals surface area contributed by atoms with Crippen molar-refractivity contribution in [3.63, 3.8) is 0 Å². The van der Waals surface area contributed by atoms with Crippen LogP contribution in [0.2, 0.25) is 0 Å². The van der Waals surface area contributed by atoms with Gasteiger partial charge in [-0.15, -0.1) is 0 Å². The number of nitrogens with zero attached hydrogens (tertiary/aromatic N) is 2. The first kappa shape index (κ1) is 15.5. The molecule has 7 heteroatoms.